The van der Waals surface area contributed by atoms with Crippen LogP contribution in [-0.2, 0) is 4.74 Å². The third-order valence-corrected chi connectivity index (χ3v) is 5.66. The average Bonchev–Trinajstić information content (AvgIpc) is 3.29. The first-order valence-corrected chi connectivity index (χ1v) is 10.4. The third-order valence-electron chi connectivity index (χ3n) is 5.32. The largest absolute Gasteiger partial charge is 0.497 e. The van der Waals surface area contributed by atoms with Gasteiger partial charge >= 0.3 is 0 Å². The van der Waals surface area contributed by atoms with Crippen molar-refractivity contribution in [3.8, 4) is 17.1 Å². The Morgan fingerprint density at radius 1 is 1.12 bits per heavy atom. The van der Waals surface area contributed by atoms with Crippen LogP contribution in [0, 0.1) is 5.82 Å². The predicted molar refractivity (Wildman–Crippen MR) is 122 cm³/mol. The highest BCUT2D eigenvalue weighted by Crippen LogP contribution is 2.37. The smallest absolute Gasteiger partial charge is 0.258 e. The fourth-order valence-corrected chi connectivity index (χ4v) is 3.95. The van der Waals surface area contributed by atoms with E-state index in [0.29, 0.717) is 30.0 Å². The van der Waals surface area contributed by atoms with E-state index in [2.05, 4.69) is 15.5 Å². The Morgan fingerprint density at radius 3 is 2.50 bits per heavy atom. The predicted octanol–water partition coefficient (Wildman–Crippen LogP) is 4.19. The number of hydrogen-bond donors (Lipinski definition) is 1. The van der Waals surface area contributed by atoms with E-state index in [1.165, 1.54) is 12.1 Å². The third kappa shape index (κ3) is 4.35. The van der Waals surface area contributed by atoms with E-state index >= 15 is 0 Å². The van der Waals surface area contributed by atoms with Crippen molar-refractivity contribution >= 4 is 22.9 Å². The number of hydrogen-bond acceptors (Lipinski definition) is 6. The van der Waals surface area contributed by atoms with Gasteiger partial charge in [0, 0.05) is 24.9 Å². The topological polar surface area (TPSA) is 72.7 Å². The standard InChI is InChI=1S/C23H23FN4O3S/c1-14-19(22-26-21(27-31-22)16-6-10-18(30-3)11-7-16)20(15-4-8-17(24)9-5-15)25-23(32)28(14)12-13-29-2/h4-11,20H,12-13H2,1-3H3,(H,25,32). The van der Waals surface area contributed by atoms with Crippen LogP contribution < -0.4 is 10.1 Å². The molecule has 2 aromatic carbocycles. The summed E-state index contributed by atoms with van der Waals surface area (Å²) in [5.41, 5.74) is 3.27. The van der Waals surface area contributed by atoms with Gasteiger partial charge in [-0.2, -0.15) is 4.98 Å². The van der Waals surface area contributed by atoms with Gasteiger partial charge in [0.05, 0.1) is 25.3 Å². The first-order valence-electron chi connectivity index (χ1n) is 10.0. The fraction of sp³-hybridized carbons (Fsp3) is 0.261. The molecule has 1 unspecified atom stereocenters. The van der Waals surface area contributed by atoms with Crippen LogP contribution >= 0.6 is 12.2 Å². The zero-order valence-electron chi connectivity index (χ0n) is 18.0. The SMILES string of the molecule is COCCN1C(=S)NC(c2ccc(F)cc2)C(c2nc(-c3ccc(OC)cc3)no2)=C1C. The molecule has 0 aliphatic carbocycles. The van der Waals surface area contributed by atoms with Crippen LogP contribution in [0.15, 0.2) is 58.8 Å². The Hall–Kier alpha value is -3.30. The second-order valence-electron chi connectivity index (χ2n) is 7.23. The molecular formula is C23H23FN4O3S. The number of rotatable bonds is 7. The molecule has 1 aliphatic heterocycles. The van der Waals surface area contributed by atoms with Gasteiger partial charge < -0.3 is 24.2 Å². The molecular weight excluding hydrogens is 431 g/mol. The van der Waals surface area contributed by atoms with Crippen molar-refractivity contribution in [3.05, 3.63) is 71.5 Å². The van der Waals surface area contributed by atoms with Gasteiger partial charge in [0.1, 0.15) is 11.6 Å². The van der Waals surface area contributed by atoms with Crippen LogP contribution in [0.5, 0.6) is 5.75 Å². The summed E-state index contributed by atoms with van der Waals surface area (Å²) in [5.74, 6) is 1.25. The maximum Gasteiger partial charge on any atom is 0.258 e. The highest BCUT2D eigenvalue weighted by molar-refractivity contribution is 7.80. The lowest BCUT2D eigenvalue weighted by atomic mass is 9.95. The van der Waals surface area contributed by atoms with E-state index in [1.54, 1.807) is 26.4 Å². The normalized spacial score (nSPS) is 16.3. The minimum atomic E-state index is -0.369. The Labute approximate surface area is 190 Å². The van der Waals surface area contributed by atoms with Crippen LogP contribution in [0.2, 0.25) is 0 Å². The Morgan fingerprint density at radius 2 is 1.84 bits per heavy atom. The van der Waals surface area contributed by atoms with Crippen molar-refractivity contribution in [2.45, 2.75) is 13.0 Å². The van der Waals surface area contributed by atoms with Crippen LogP contribution in [-0.4, -0.2) is 47.5 Å². The molecule has 32 heavy (non-hydrogen) atoms. The molecule has 1 N–H and O–H groups in total. The van der Waals surface area contributed by atoms with Gasteiger partial charge in [-0.05, 0) is 61.1 Å². The summed E-state index contributed by atoms with van der Waals surface area (Å²) in [4.78, 5) is 6.59. The quantitative estimate of drug-likeness (QED) is 0.533. The molecule has 2 heterocycles. The molecule has 0 radical (unpaired) electrons. The van der Waals surface area contributed by atoms with Crippen molar-refractivity contribution in [2.75, 3.05) is 27.4 Å². The summed E-state index contributed by atoms with van der Waals surface area (Å²) in [5, 5.41) is 8.06. The Balaban J connectivity index is 1.76. The van der Waals surface area contributed by atoms with Crippen LogP contribution in [0.3, 0.4) is 0 Å². The van der Waals surface area contributed by atoms with Crippen molar-refractivity contribution in [2.24, 2.45) is 0 Å². The highest BCUT2D eigenvalue weighted by atomic mass is 32.1. The van der Waals surface area contributed by atoms with Gasteiger partial charge in [-0.1, -0.05) is 17.3 Å². The molecule has 4 rings (SSSR count). The van der Waals surface area contributed by atoms with Gasteiger partial charge in [0.15, 0.2) is 5.11 Å². The lowest BCUT2D eigenvalue weighted by molar-refractivity contribution is 0.183. The van der Waals surface area contributed by atoms with Crippen molar-refractivity contribution < 1.29 is 18.4 Å². The lowest BCUT2D eigenvalue weighted by Crippen LogP contribution is -2.47. The summed E-state index contributed by atoms with van der Waals surface area (Å²) in [6, 6.07) is 13.3. The number of nitrogens with zero attached hydrogens (tertiary/aromatic N) is 3. The zero-order chi connectivity index (χ0) is 22.7. The molecule has 7 nitrogen and oxygen atoms in total. The molecule has 1 atom stereocenters. The molecule has 0 amide bonds. The van der Waals surface area contributed by atoms with Crippen molar-refractivity contribution in [3.63, 3.8) is 0 Å². The van der Waals surface area contributed by atoms with Crippen LogP contribution in [0.4, 0.5) is 4.39 Å². The highest BCUT2D eigenvalue weighted by Gasteiger charge is 2.34. The molecule has 0 saturated carbocycles. The average molecular weight is 455 g/mol. The van der Waals surface area contributed by atoms with E-state index in [4.69, 9.17) is 26.2 Å². The molecule has 3 aromatic rings. The minimum Gasteiger partial charge on any atom is -0.497 e. The number of halogens is 1. The first kappa shape index (κ1) is 21.9. The number of benzene rings is 2. The molecule has 1 aliphatic rings. The lowest BCUT2D eigenvalue weighted by Gasteiger charge is -2.37. The Kier molecular flexibility index (Phi) is 6.48. The molecule has 0 saturated heterocycles. The molecule has 0 fully saturated rings. The van der Waals surface area contributed by atoms with Crippen molar-refractivity contribution in [1.29, 1.82) is 0 Å². The number of aromatic nitrogens is 2. The summed E-state index contributed by atoms with van der Waals surface area (Å²) in [7, 11) is 3.25. The van der Waals surface area contributed by atoms with Gasteiger partial charge in [-0.15, -0.1) is 0 Å². The van der Waals surface area contributed by atoms with E-state index in [9.17, 15) is 4.39 Å². The molecule has 166 valence electrons. The molecule has 1 aromatic heterocycles. The van der Waals surface area contributed by atoms with E-state index in [0.717, 1.165) is 28.1 Å². The summed E-state index contributed by atoms with van der Waals surface area (Å²) in [6.45, 7) is 3.01. The zero-order valence-corrected chi connectivity index (χ0v) is 18.8. The summed E-state index contributed by atoms with van der Waals surface area (Å²) >= 11 is 5.60. The number of ether oxygens (including phenoxy) is 2. The molecule has 9 heteroatoms. The monoisotopic (exact) mass is 454 g/mol. The number of allylic oxidation sites excluding steroid dienone is 1. The maximum atomic E-state index is 13.5. The van der Waals surface area contributed by atoms with Gasteiger partial charge in [0.25, 0.3) is 5.89 Å². The first-order chi connectivity index (χ1) is 15.5. The molecule has 0 bridgehead atoms. The Bertz CT molecular complexity index is 1130. The fourth-order valence-electron chi connectivity index (χ4n) is 3.61. The minimum absolute atomic E-state index is 0.310. The van der Waals surface area contributed by atoms with Gasteiger partial charge in [-0.25, -0.2) is 4.39 Å². The number of methoxy groups -OCH3 is 2. The summed E-state index contributed by atoms with van der Waals surface area (Å²) < 4.78 is 29.7. The van der Waals surface area contributed by atoms with E-state index in [-0.39, 0.29) is 11.9 Å². The second-order valence-corrected chi connectivity index (χ2v) is 7.62. The maximum absolute atomic E-state index is 13.5. The van der Waals surface area contributed by atoms with Crippen LogP contribution in [0.25, 0.3) is 17.0 Å². The van der Waals surface area contributed by atoms with Crippen molar-refractivity contribution in [1.82, 2.24) is 20.4 Å². The number of thiocarbonyl (C=S) groups is 1. The van der Waals surface area contributed by atoms with E-state index in [1.807, 2.05) is 36.1 Å². The summed E-state index contributed by atoms with van der Waals surface area (Å²) in [6.07, 6.45) is 0. The van der Waals surface area contributed by atoms with Crippen LogP contribution in [0.1, 0.15) is 24.4 Å². The van der Waals surface area contributed by atoms with Gasteiger partial charge in [0.2, 0.25) is 5.82 Å². The second kappa shape index (κ2) is 9.46. The van der Waals surface area contributed by atoms with E-state index < -0.39 is 0 Å². The molecule has 0 spiro atoms. The number of nitrogens with one attached hydrogen (secondary N) is 1. The van der Waals surface area contributed by atoms with Gasteiger partial charge in [-0.3, -0.25) is 0 Å².